The minimum absolute atomic E-state index is 0. The van der Waals surface area contributed by atoms with Crippen LogP contribution in [0, 0.1) is 0 Å². The van der Waals surface area contributed by atoms with Crippen molar-refractivity contribution >= 4 is 64.6 Å². The smallest absolute Gasteiger partial charge is 0 e. The molecule has 0 amide bonds. The van der Waals surface area contributed by atoms with Gasteiger partial charge in [0.1, 0.15) is 0 Å². The average Bonchev–Trinajstić information content (AvgIpc) is 1.72. The fourth-order valence-corrected chi connectivity index (χ4v) is 1.72. The van der Waals surface area contributed by atoms with Crippen molar-refractivity contribution in [3.05, 3.63) is 23.4 Å². The average molecular weight is 204 g/mol. The van der Waals surface area contributed by atoms with Gasteiger partial charge in [0.25, 0.3) is 0 Å². The van der Waals surface area contributed by atoms with Gasteiger partial charge in [-0.3, -0.25) is 0 Å². The summed E-state index contributed by atoms with van der Waals surface area (Å²) in [4.78, 5) is 0. The molecule has 0 bridgehead atoms. The van der Waals surface area contributed by atoms with Crippen molar-refractivity contribution in [2.45, 2.75) is 0 Å². The largest absolute Gasteiger partial charge is 0.106 e. The molecular weight excluding hydrogens is 199 g/mol. The minimum Gasteiger partial charge on any atom is -0.106 e. The molecule has 0 aliphatic carbocycles. The Kier molecular flexibility index (Phi) is 7.33. The van der Waals surface area contributed by atoms with Gasteiger partial charge in [-0.25, -0.2) is 0 Å². The van der Waals surface area contributed by atoms with E-state index in [9.17, 15) is 0 Å². The second kappa shape index (κ2) is 5.87. The SMILES string of the molecule is C1=CPSC=C1.[Sr]. The molecule has 2 radical (unpaired) electrons. The van der Waals surface area contributed by atoms with Gasteiger partial charge in [0, 0.05) is 45.5 Å². The van der Waals surface area contributed by atoms with Crippen LogP contribution < -0.4 is 0 Å². The molecule has 1 heterocycles. The van der Waals surface area contributed by atoms with Crippen LogP contribution >= 0.6 is 19.2 Å². The number of rotatable bonds is 0. The molecule has 34 valence electrons. The molecule has 0 aromatic rings. The first-order valence-electron chi connectivity index (χ1n) is 1.73. The normalized spacial score (nSPS) is 19.4. The first-order chi connectivity index (χ1) is 3.00. The van der Waals surface area contributed by atoms with Crippen molar-refractivity contribution in [2.24, 2.45) is 0 Å². The van der Waals surface area contributed by atoms with E-state index in [0.717, 1.165) is 7.78 Å². The molecule has 1 aliphatic heterocycles. The van der Waals surface area contributed by atoms with E-state index < -0.39 is 0 Å². The molecule has 0 nitrogen and oxygen atoms in total. The molecule has 0 aromatic carbocycles. The van der Waals surface area contributed by atoms with E-state index in [2.05, 4.69) is 23.4 Å². The predicted molar refractivity (Wildman–Crippen MR) is 39.9 cm³/mol. The summed E-state index contributed by atoms with van der Waals surface area (Å²) in [6, 6.07) is 0. The Morgan fingerprint density at radius 2 is 2.14 bits per heavy atom. The molecule has 0 N–H and O–H groups in total. The van der Waals surface area contributed by atoms with Crippen LogP contribution in [0.15, 0.2) is 23.4 Å². The van der Waals surface area contributed by atoms with Crippen molar-refractivity contribution in [3.63, 3.8) is 0 Å². The maximum atomic E-state index is 2.17. The molecular formula is C4H5PSSr. The monoisotopic (exact) mass is 204 g/mol. The zero-order chi connectivity index (χ0) is 4.24. The van der Waals surface area contributed by atoms with Crippen molar-refractivity contribution in [2.75, 3.05) is 0 Å². The van der Waals surface area contributed by atoms with Crippen LogP contribution in [0.5, 0.6) is 0 Å². The van der Waals surface area contributed by atoms with Crippen molar-refractivity contribution in [3.8, 4) is 0 Å². The molecule has 0 aromatic heterocycles. The molecule has 0 saturated heterocycles. The topological polar surface area (TPSA) is 0 Å². The summed E-state index contributed by atoms with van der Waals surface area (Å²) < 4.78 is 0. The van der Waals surface area contributed by atoms with Gasteiger partial charge in [0.15, 0.2) is 0 Å². The molecule has 1 aliphatic rings. The van der Waals surface area contributed by atoms with Gasteiger partial charge in [-0.2, -0.15) is 0 Å². The maximum absolute atomic E-state index is 2.17. The van der Waals surface area contributed by atoms with E-state index in [0.29, 0.717) is 0 Å². The van der Waals surface area contributed by atoms with Crippen LogP contribution in [-0.4, -0.2) is 45.5 Å². The molecule has 0 spiro atoms. The van der Waals surface area contributed by atoms with Gasteiger partial charge in [0.2, 0.25) is 0 Å². The molecule has 3 heteroatoms. The Labute approximate surface area is 86.6 Å². The fourth-order valence-electron chi connectivity index (χ4n) is 0.258. The number of hydrogen-bond acceptors (Lipinski definition) is 1. The van der Waals surface area contributed by atoms with E-state index in [1.165, 1.54) is 0 Å². The summed E-state index contributed by atoms with van der Waals surface area (Å²) >= 11 is 1.86. The molecule has 7 heavy (non-hydrogen) atoms. The zero-order valence-electron chi connectivity index (χ0n) is 3.92. The molecule has 1 atom stereocenters. The van der Waals surface area contributed by atoms with E-state index in [-0.39, 0.29) is 45.5 Å². The summed E-state index contributed by atoms with van der Waals surface area (Å²) in [6.45, 7) is 0. The van der Waals surface area contributed by atoms with E-state index in [4.69, 9.17) is 0 Å². The van der Waals surface area contributed by atoms with Gasteiger partial charge in [-0.15, -0.1) is 11.4 Å². The minimum atomic E-state index is 0. The Morgan fingerprint density at radius 3 is 2.29 bits per heavy atom. The summed E-state index contributed by atoms with van der Waals surface area (Å²) in [5.74, 6) is 2.17. The van der Waals surface area contributed by atoms with E-state index in [1.807, 2.05) is 11.4 Å². The third kappa shape index (κ3) is 4.26. The summed E-state index contributed by atoms with van der Waals surface area (Å²) in [5, 5.41) is 2.11. The number of allylic oxidation sites excluding steroid dienone is 2. The Balaban J connectivity index is 0.000000360. The standard InChI is InChI=1S/C4H5PS.Sr/c1-2-4-6-5-3-1;/h1-5H;. The first kappa shape index (κ1) is 8.74. The Bertz CT molecular complexity index is 77.7. The van der Waals surface area contributed by atoms with Gasteiger partial charge in [-0.05, 0) is 13.2 Å². The van der Waals surface area contributed by atoms with Crippen LogP contribution in [0.4, 0.5) is 0 Å². The van der Waals surface area contributed by atoms with Gasteiger partial charge < -0.3 is 0 Å². The predicted octanol–water partition coefficient (Wildman–Crippen LogP) is 1.97. The summed E-state index contributed by atoms with van der Waals surface area (Å²) in [5.41, 5.74) is 0. The molecule has 0 fully saturated rings. The third-order valence-electron chi connectivity index (χ3n) is 0.490. The first-order valence-corrected chi connectivity index (χ1v) is 4.41. The number of hydrogen-bond donors (Lipinski definition) is 0. The summed E-state index contributed by atoms with van der Waals surface area (Å²) in [6.07, 6.45) is 4.14. The second-order valence-electron chi connectivity index (χ2n) is 0.923. The quantitative estimate of drug-likeness (QED) is 0.429. The zero-order valence-corrected chi connectivity index (χ0v) is 9.22. The van der Waals surface area contributed by atoms with Crippen LogP contribution in [-0.2, 0) is 0 Å². The molecule has 1 unspecified atom stereocenters. The second-order valence-corrected chi connectivity index (χ2v) is 3.41. The van der Waals surface area contributed by atoms with E-state index >= 15 is 0 Å². The summed E-state index contributed by atoms with van der Waals surface area (Å²) in [7, 11) is 0.951. The van der Waals surface area contributed by atoms with Crippen molar-refractivity contribution in [1.82, 2.24) is 0 Å². The van der Waals surface area contributed by atoms with Crippen LogP contribution in [0.2, 0.25) is 0 Å². The van der Waals surface area contributed by atoms with Gasteiger partial charge >= 0.3 is 0 Å². The molecule has 0 saturated carbocycles. The van der Waals surface area contributed by atoms with E-state index in [1.54, 1.807) is 0 Å². The maximum Gasteiger partial charge on any atom is 0 e. The Morgan fingerprint density at radius 1 is 1.29 bits per heavy atom. The van der Waals surface area contributed by atoms with Crippen molar-refractivity contribution in [1.29, 1.82) is 0 Å². The Hall–Kier alpha value is 1.74. The molecule has 1 rings (SSSR count). The van der Waals surface area contributed by atoms with Crippen molar-refractivity contribution < 1.29 is 0 Å². The van der Waals surface area contributed by atoms with Crippen LogP contribution in [0.1, 0.15) is 0 Å². The fraction of sp³-hybridized carbons (Fsp3) is 0. The van der Waals surface area contributed by atoms with Gasteiger partial charge in [0.05, 0.1) is 0 Å². The third-order valence-corrected chi connectivity index (χ3v) is 2.47. The van der Waals surface area contributed by atoms with Gasteiger partial charge in [-0.1, -0.05) is 18.0 Å². The van der Waals surface area contributed by atoms with Crippen LogP contribution in [0.3, 0.4) is 0 Å². The van der Waals surface area contributed by atoms with Crippen LogP contribution in [0.25, 0.3) is 0 Å².